The number of alkyl carbamates (subject to hydrolysis) is 1. The van der Waals surface area contributed by atoms with Crippen molar-refractivity contribution < 1.29 is 32.2 Å². The van der Waals surface area contributed by atoms with Gasteiger partial charge in [0.05, 0.1) is 11.7 Å². The second kappa shape index (κ2) is 6.98. The van der Waals surface area contributed by atoms with Gasteiger partial charge in [0.15, 0.2) is 0 Å². The summed E-state index contributed by atoms with van der Waals surface area (Å²) in [6.45, 7) is 2.93. The first-order valence-corrected chi connectivity index (χ1v) is 7.24. The molecule has 0 spiro atoms. The van der Waals surface area contributed by atoms with Crippen molar-refractivity contribution in [2.75, 3.05) is 6.61 Å². The van der Waals surface area contributed by atoms with E-state index in [2.05, 4.69) is 15.4 Å². The molecule has 1 unspecified atom stereocenters. The van der Waals surface area contributed by atoms with E-state index >= 15 is 0 Å². The molecule has 1 aromatic carbocycles. The summed E-state index contributed by atoms with van der Waals surface area (Å²) in [5.41, 5.74) is -0.982. The minimum atomic E-state index is -4.58. The fraction of sp³-hybridized carbons (Fsp3) is 0.467. The number of halogens is 3. The van der Waals surface area contributed by atoms with Crippen LogP contribution in [0.5, 0.6) is 5.75 Å². The molecular formula is C15H17F3N2O4. The highest BCUT2D eigenvalue weighted by Gasteiger charge is 2.34. The Morgan fingerprint density at radius 2 is 2.17 bits per heavy atom. The van der Waals surface area contributed by atoms with Crippen LogP contribution < -0.4 is 15.4 Å². The molecule has 0 aliphatic carbocycles. The van der Waals surface area contributed by atoms with Gasteiger partial charge in [-0.2, -0.15) is 13.2 Å². The van der Waals surface area contributed by atoms with Crippen molar-refractivity contribution in [2.24, 2.45) is 0 Å². The van der Waals surface area contributed by atoms with Crippen LogP contribution in [0.1, 0.15) is 25.0 Å². The molecule has 1 atom stereocenters. The fourth-order valence-electron chi connectivity index (χ4n) is 2.15. The van der Waals surface area contributed by atoms with Gasteiger partial charge in [-0.1, -0.05) is 6.07 Å². The van der Waals surface area contributed by atoms with Crippen molar-refractivity contribution in [3.8, 4) is 5.75 Å². The second-order valence-electron chi connectivity index (χ2n) is 5.50. The number of hydrogen-bond acceptors (Lipinski definition) is 4. The zero-order valence-electron chi connectivity index (χ0n) is 13.1. The molecule has 1 aromatic rings. The standard InChI is InChI=1S/C15H17F3N2O4/c1-8(2)24-10-4-3-9(11(5-10)15(16,17)18)6-19-13(21)12-7-23-14(22)20-12/h3-5,8,12H,6-7H2,1-2H3,(H,19,21)(H,20,22). The number of rotatable bonds is 5. The molecule has 0 bridgehead atoms. The molecule has 2 amide bonds. The number of carbonyl (C=O) groups excluding carboxylic acids is 2. The summed E-state index contributed by atoms with van der Waals surface area (Å²) in [5.74, 6) is -0.514. The normalized spacial score (nSPS) is 17.4. The third-order valence-corrected chi connectivity index (χ3v) is 3.20. The number of cyclic esters (lactones) is 1. The molecule has 0 aromatic heterocycles. The lowest BCUT2D eigenvalue weighted by Crippen LogP contribution is -2.42. The minimum absolute atomic E-state index is 0.0998. The van der Waals surface area contributed by atoms with Crippen LogP contribution in [0.2, 0.25) is 0 Å². The molecule has 2 rings (SSSR count). The number of nitrogens with one attached hydrogen (secondary N) is 2. The highest BCUT2D eigenvalue weighted by atomic mass is 19.4. The van der Waals surface area contributed by atoms with E-state index in [0.29, 0.717) is 0 Å². The number of ether oxygens (including phenoxy) is 2. The van der Waals surface area contributed by atoms with Crippen LogP contribution in [0.25, 0.3) is 0 Å². The Balaban J connectivity index is 2.11. The second-order valence-corrected chi connectivity index (χ2v) is 5.50. The average Bonchev–Trinajstić information content (AvgIpc) is 2.90. The molecule has 6 nitrogen and oxygen atoms in total. The zero-order chi connectivity index (χ0) is 17.9. The number of benzene rings is 1. The first-order valence-electron chi connectivity index (χ1n) is 7.24. The summed E-state index contributed by atoms with van der Waals surface area (Å²) in [4.78, 5) is 22.7. The topological polar surface area (TPSA) is 76.7 Å². The van der Waals surface area contributed by atoms with E-state index in [0.717, 1.165) is 6.07 Å². The molecule has 132 valence electrons. The predicted molar refractivity (Wildman–Crippen MR) is 77.3 cm³/mol. The van der Waals surface area contributed by atoms with Crippen LogP contribution in [-0.4, -0.2) is 30.8 Å². The lowest BCUT2D eigenvalue weighted by atomic mass is 10.1. The summed E-state index contributed by atoms with van der Waals surface area (Å²) >= 11 is 0. The van der Waals surface area contributed by atoms with E-state index in [9.17, 15) is 22.8 Å². The van der Waals surface area contributed by atoms with Crippen molar-refractivity contribution in [1.82, 2.24) is 10.6 Å². The molecule has 1 fully saturated rings. The van der Waals surface area contributed by atoms with Gasteiger partial charge in [-0.05, 0) is 31.5 Å². The van der Waals surface area contributed by atoms with Crippen molar-refractivity contribution in [3.63, 3.8) is 0 Å². The number of hydrogen-bond donors (Lipinski definition) is 2. The molecule has 24 heavy (non-hydrogen) atoms. The van der Waals surface area contributed by atoms with E-state index in [1.54, 1.807) is 13.8 Å². The maximum Gasteiger partial charge on any atom is 0.416 e. The lowest BCUT2D eigenvalue weighted by molar-refractivity contribution is -0.138. The Labute approximate surface area is 136 Å². The van der Waals surface area contributed by atoms with Gasteiger partial charge in [-0.25, -0.2) is 4.79 Å². The Morgan fingerprint density at radius 3 is 2.71 bits per heavy atom. The largest absolute Gasteiger partial charge is 0.491 e. The third kappa shape index (κ3) is 4.53. The van der Waals surface area contributed by atoms with Crippen molar-refractivity contribution >= 4 is 12.0 Å². The molecule has 2 N–H and O–H groups in total. The van der Waals surface area contributed by atoms with Gasteiger partial charge in [0, 0.05) is 6.54 Å². The Kier molecular flexibility index (Phi) is 5.20. The third-order valence-electron chi connectivity index (χ3n) is 3.20. The minimum Gasteiger partial charge on any atom is -0.491 e. The highest BCUT2D eigenvalue weighted by molar-refractivity contribution is 5.87. The molecule has 0 radical (unpaired) electrons. The van der Waals surface area contributed by atoms with E-state index in [-0.39, 0.29) is 30.6 Å². The van der Waals surface area contributed by atoms with Crippen molar-refractivity contribution in [1.29, 1.82) is 0 Å². The molecule has 1 aliphatic rings. The summed E-state index contributed by atoms with van der Waals surface area (Å²) in [5, 5.41) is 4.61. The predicted octanol–water partition coefficient (Wildman–Crippen LogP) is 2.22. The lowest BCUT2D eigenvalue weighted by Gasteiger charge is -2.17. The van der Waals surface area contributed by atoms with Crippen LogP contribution in [0.15, 0.2) is 18.2 Å². The average molecular weight is 346 g/mol. The Hall–Kier alpha value is -2.45. The highest BCUT2D eigenvalue weighted by Crippen LogP contribution is 2.34. The Bertz CT molecular complexity index is 632. The first kappa shape index (κ1) is 17.9. The number of alkyl halides is 3. The first-order chi connectivity index (χ1) is 11.2. The summed E-state index contributed by atoms with van der Waals surface area (Å²) in [7, 11) is 0. The Morgan fingerprint density at radius 1 is 1.46 bits per heavy atom. The van der Waals surface area contributed by atoms with E-state index in [4.69, 9.17) is 4.74 Å². The van der Waals surface area contributed by atoms with Crippen molar-refractivity contribution in [2.45, 2.75) is 38.7 Å². The quantitative estimate of drug-likeness (QED) is 0.857. The van der Waals surface area contributed by atoms with Gasteiger partial charge in [0.2, 0.25) is 5.91 Å². The molecule has 1 heterocycles. The number of amides is 2. The van der Waals surface area contributed by atoms with E-state index in [1.807, 2.05) is 0 Å². The van der Waals surface area contributed by atoms with Gasteiger partial charge in [-0.15, -0.1) is 0 Å². The molecule has 1 aliphatic heterocycles. The monoisotopic (exact) mass is 346 g/mol. The van der Waals surface area contributed by atoms with Crippen LogP contribution in [0.3, 0.4) is 0 Å². The van der Waals surface area contributed by atoms with Crippen LogP contribution in [0.4, 0.5) is 18.0 Å². The van der Waals surface area contributed by atoms with Gasteiger partial charge < -0.3 is 20.1 Å². The molecule has 1 saturated heterocycles. The summed E-state index contributed by atoms with van der Waals surface area (Å²) in [6.07, 6.45) is -5.58. The van der Waals surface area contributed by atoms with E-state index < -0.39 is 29.8 Å². The van der Waals surface area contributed by atoms with Crippen molar-refractivity contribution in [3.05, 3.63) is 29.3 Å². The maximum absolute atomic E-state index is 13.2. The van der Waals surface area contributed by atoms with Gasteiger partial charge in [0.25, 0.3) is 0 Å². The van der Waals surface area contributed by atoms with Crippen LogP contribution >= 0.6 is 0 Å². The fourth-order valence-corrected chi connectivity index (χ4v) is 2.15. The van der Waals surface area contributed by atoms with E-state index in [1.165, 1.54) is 12.1 Å². The van der Waals surface area contributed by atoms with Crippen LogP contribution in [0, 0.1) is 0 Å². The van der Waals surface area contributed by atoms with Crippen LogP contribution in [-0.2, 0) is 22.3 Å². The van der Waals surface area contributed by atoms with Gasteiger partial charge >= 0.3 is 12.3 Å². The number of carbonyl (C=O) groups is 2. The maximum atomic E-state index is 13.2. The van der Waals surface area contributed by atoms with Gasteiger partial charge in [0.1, 0.15) is 18.4 Å². The summed E-state index contributed by atoms with van der Waals surface area (Å²) < 4.78 is 49.4. The summed E-state index contributed by atoms with van der Waals surface area (Å²) in [6, 6.07) is 2.67. The SMILES string of the molecule is CC(C)Oc1ccc(CNC(=O)C2COC(=O)N2)c(C(F)(F)F)c1. The molecule has 9 heteroatoms. The molecular weight excluding hydrogens is 329 g/mol. The smallest absolute Gasteiger partial charge is 0.416 e. The van der Waals surface area contributed by atoms with Gasteiger partial charge in [-0.3, -0.25) is 4.79 Å². The molecule has 0 saturated carbocycles. The zero-order valence-corrected chi connectivity index (χ0v) is 13.1.